The van der Waals surface area contributed by atoms with Gasteiger partial charge in [-0.1, -0.05) is 6.92 Å². The lowest BCUT2D eigenvalue weighted by atomic mass is 9.88. The van der Waals surface area contributed by atoms with Gasteiger partial charge < -0.3 is 9.47 Å². The second kappa shape index (κ2) is 8.75. The van der Waals surface area contributed by atoms with E-state index in [1.807, 2.05) is 0 Å². The molecule has 1 aromatic rings. The highest BCUT2D eigenvalue weighted by Crippen LogP contribution is 2.36. The Hall–Kier alpha value is -2.77. The van der Waals surface area contributed by atoms with E-state index in [4.69, 9.17) is 9.47 Å². The van der Waals surface area contributed by atoms with Crippen molar-refractivity contribution in [1.82, 2.24) is 0 Å². The second-order valence-corrected chi connectivity index (χ2v) is 6.86. The molecule has 1 aliphatic rings. The van der Waals surface area contributed by atoms with E-state index in [0.717, 1.165) is 0 Å². The molecular weight excluding hydrogens is 354 g/mol. The maximum Gasteiger partial charge on any atom is 0.307 e. The summed E-state index contributed by atoms with van der Waals surface area (Å²) in [5, 5.41) is 10.8. The summed E-state index contributed by atoms with van der Waals surface area (Å²) in [4.78, 5) is 47.1. The molecule has 8 heteroatoms. The molecule has 0 heterocycles. The summed E-state index contributed by atoms with van der Waals surface area (Å²) < 4.78 is 10.2. The van der Waals surface area contributed by atoms with Crippen molar-refractivity contribution in [3.05, 3.63) is 39.9 Å². The molecule has 0 spiro atoms. The van der Waals surface area contributed by atoms with Crippen LogP contribution in [-0.4, -0.2) is 42.2 Å². The molecule has 1 aromatic carbocycles. The number of esters is 1. The van der Waals surface area contributed by atoms with E-state index >= 15 is 0 Å². The fourth-order valence-electron chi connectivity index (χ4n) is 3.47. The van der Waals surface area contributed by atoms with Gasteiger partial charge >= 0.3 is 5.97 Å². The fourth-order valence-corrected chi connectivity index (χ4v) is 3.47. The number of benzene rings is 1. The average Bonchev–Trinajstić information content (AvgIpc) is 2.87. The number of ketones is 2. The van der Waals surface area contributed by atoms with Gasteiger partial charge in [0.2, 0.25) is 12.3 Å². The van der Waals surface area contributed by atoms with Crippen LogP contribution in [0.2, 0.25) is 0 Å². The van der Waals surface area contributed by atoms with Gasteiger partial charge in [0.25, 0.3) is 0 Å². The van der Waals surface area contributed by atoms with Crippen molar-refractivity contribution in [1.29, 1.82) is 0 Å². The first-order valence-corrected chi connectivity index (χ1v) is 8.75. The minimum atomic E-state index is -1.02. The predicted octanol–water partition coefficient (Wildman–Crippen LogP) is 2.32. The Labute approximate surface area is 157 Å². The Morgan fingerprint density at radius 3 is 2.48 bits per heavy atom. The molecule has 8 nitrogen and oxygen atoms in total. The summed E-state index contributed by atoms with van der Waals surface area (Å²) in [7, 11) is 1.51. The molecule has 27 heavy (non-hydrogen) atoms. The van der Waals surface area contributed by atoms with Gasteiger partial charge in [-0.3, -0.25) is 24.5 Å². The zero-order chi connectivity index (χ0) is 20.1. The first kappa shape index (κ1) is 20.5. The number of nitro groups is 1. The highest BCUT2D eigenvalue weighted by atomic mass is 16.6. The zero-order valence-electron chi connectivity index (χ0n) is 15.5. The Morgan fingerprint density at radius 1 is 1.30 bits per heavy atom. The molecule has 0 radical (unpaired) electrons. The van der Waals surface area contributed by atoms with E-state index in [-0.39, 0.29) is 36.9 Å². The Balaban J connectivity index is 1.97. The smallest absolute Gasteiger partial charge is 0.307 e. The number of carbonyl (C=O) groups excluding carboxylic acids is 3. The fraction of sp³-hybridized carbons (Fsp3) is 0.526. The number of ether oxygens (including phenoxy) is 2. The summed E-state index contributed by atoms with van der Waals surface area (Å²) >= 11 is 0. The molecule has 2 rings (SSSR count). The van der Waals surface area contributed by atoms with Crippen LogP contribution in [0.3, 0.4) is 0 Å². The van der Waals surface area contributed by atoms with E-state index in [9.17, 15) is 24.5 Å². The molecule has 0 N–H and O–H groups in total. The van der Waals surface area contributed by atoms with Gasteiger partial charge in [-0.2, -0.15) is 0 Å². The molecule has 4 atom stereocenters. The molecule has 0 unspecified atom stereocenters. The monoisotopic (exact) mass is 377 g/mol. The van der Waals surface area contributed by atoms with Crippen molar-refractivity contribution in [3.63, 3.8) is 0 Å². The van der Waals surface area contributed by atoms with E-state index in [2.05, 4.69) is 0 Å². The molecule has 146 valence electrons. The summed E-state index contributed by atoms with van der Waals surface area (Å²) in [5.41, 5.74) is 0.368. The summed E-state index contributed by atoms with van der Waals surface area (Å²) in [6.07, 6.45) is -1.05. The number of nitrogens with zero attached hydrogens (tertiary/aromatic N) is 1. The Morgan fingerprint density at radius 2 is 1.93 bits per heavy atom. The molecular formula is C19H23NO7. The molecule has 1 aliphatic carbocycles. The standard InChI is InChI=1S/C19H23NO7/c1-11-8-17(21)15(16(11)10-20(24)25)9-18(22)27-12(2)19(23)13-4-6-14(26-3)7-5-13/h4-7,11-12,15-16H,8-10H2,1-3H3/t11-,12-,15+,16+/m0/s1. The molecule has 0 bridgehead atoms. The van der Waals surface area contributed by atoms with Crippen LogP contribution in [0.1, 0.15) is 37.0 Å². The average molecular weight is 377 g/mol. The SMILES string of the molecule is COc1ccc(C(=O)[C@H](C)OC(=O)C[C@H]2C(=O)C[C@H](C)[C@H]2C[N+](=O)[O-])cc1. The molecule has 0 aromatic heterocycles. The molecule has 1 fully saturated rings. The minimum Gasteiger partial charge on any atom is -0.497 e. The number of hydrogen-bond donors (Lipinski definition) is 0. The Kier molecular flexibility index (Phi) is 6.65. The molecule has 1 saturated carbocycles. The third-order valence-electron chi connectivity index (χ3n) is 4.98. The quantitative estimate of drug-likeness (QED) is 0.296. The maximum absolute atomic E-state index is 12.4. The summed E-state index contributed by atoms with van der Waals surface area (Å²) in [5.74, 6) is -2.03. The first-order chi connectivity index (χ1) is 12.7. The first-order valence-electron chi connectivity index (χ1n) is 8.75. The zero-order valence-corrected chi connectivity index (χ0v) is 15.5. The number of hydrogen-bond acceptors (Lipinski definition) is 7. The van der Waals surface area contributed by atoms with Crippen molar-refractivity contribution in [2.45, 2.75) is 32.8 Å². The van der Waals surface area contributed by atoms with Crippen molar-refractivity contribution in [2.75, 3.05) is 13.7 Å². The predicted molar refractivity (Wildman–Crippen MR) is 95.1 cm³/mol. The van der Waals surface area contributed by atoms with E-state index in [0.29, 0.717) is 11.3 Å². The maximum atomic E-state index is 12.4. The van der Waals surface area contributed by atoms with Gasteiger partial charge in [-0.15, -0.1) is 0 Å². The summed E-state index contributed by atoms with van der Waals surface area (Å²) in [6.45, 7) is 2.87. The van der Waals surface area contributed by atoms with Gasteiger partial charge in [-0.05, 0) is 37.1 Å². The number of methoxy groups -OCH3 is 1. The van der Waals surface area contributed by atoms with Crippen LogP contribution in [0.25, 0.3) is 0 Å². The van der Waals surface area contributed by atoms with Gasteiger partial charge in [-0.25, -0.2) is 0 Å². The third kappa shape index (κ3) is 5.12. The number of Topliss-reactive ketones (excluding diaryl/α,β-unsaturated/α-hetero) is 2. The second-order valence-electron chi connectivity index (χ2n) is 6.86. The molecule has 0 saturated heterocycles. The van der Waals surface area contributed by atoms with E-state index < -0.39 is 28.8 Å². The minimum absolute atomic E-state index is 0.154. The van der Waals surface area contributed by atoms with Crippen LogP contribution in [0.5, 0.6) is 5.75 Å². The van der Waals surface area contributed by atoms with Crippen LogP contribution >= 0.6 is 0 Å². The Bertz CT molecular complexity index is 728. The largest absolute Gasteiger partial charge is 0.497 e. The lowest BCUT2D eigenvalue weighted by molar-refractivity contribution is -0.490. The lowest BCUT2D eigenvalue weighted by Gasteiger charge is -2.18. The van der Waals surface area contributed by atoms with Crippen molar-refractivity contribution in [3.8, 4) is 5.75 Å². The highest BCUT2D eigenvalue weighted by Gasteiger charge is 2.44. The van der Waals surface area contributed by atoms with Crippen molar-refractivity contribution < 1.29 is 28.8 Å². The van der Waals surface area contributed by atoms with Gasteiger partial charge in [0.15, 0.2) is 6.10 Å². The van der Waals surface area contributed by atoms with Crippen LogP contribution < -0.4 is 4.74 Å². The van der Waals surface area contributed by atoms with Crippen LogP contribution in [0.4, 0.5) is 0 Å². The highest BCUT2D eigenvalue weighted by molar-refractivity contribution is 6.00. The number of carbonyl (C=O) groups is 3. The normalized spacial score (nSPS) is 22.9. The summed E-state index contributed by atoms with van der Waals surface area (Å²) in [6, 6.07) is 6.40. The van der Waals surface area contributed by atoms with Gasteiger partial charge in [0.05, 0.1) is 13.5 Å². The van der Waals surface area contributed by atoms with E-state index in [1.165, 1.54) is 14.0 Å². The van der Waals surface area contributed by atoms with Crippen molar-refractivity contribution in [2.24, 2.45) is 17.8 Å². The molecule has 0 amide bonds. The van der Waals surface area contributed by atoms with Crippen LogP contribution in [0, 0.1) is 27.9 Å². The topological polar surface area (TPSA) is 113 Å². The van der Waals surface area contributed by atoms with Crippen LogP contribution in [0.15, 0.2) is 24.3 Å². The van der Waals surface area contributed by atoms with Gasteiger partial charge in [0, 0.05) is 28.7 Å². The van der Waals surface area contributed by atoms with Crippen LogP contribution in [-0.2, 0) is 14.3 Å². The third-order valence-corrected chi connectivity index (χ3v) is 4.98. The lowest BCUT2D eigenvalue weighted by Crippen LogP contribution is -2.30. The van der Waals surface area contributed by atoms with E-state index in [1.54, 1.807) is 31.2 Å². The molecule has 0 aliphatic heterocycles. The number of rotatable bonds is 8. The van der Waals surface area contributed by atoms with Crippen molar-refractivity contribution >= 4 is 17.5 Å². The van der Waals surface area contributed by atoms with Gasteiger partial charge in [0.1, 0.15) is 11.5 Å².